The van der Waals surface area contributed by atoms with Gasteiger partial charge >= 0.3 is 0 Å². The van der Waals surface area contributed by atoms with Gasteiger partial charge in [0.05, 0.1) is 0 Å². The second-order valence-electron chi connectivity index (χ2n) is 6.50. The molecule has 2 aliphatic heterocycles. The van der Waals surface area contributed by atoms with Crippen LogP contribution in [0.1, 0.15) is 64.2 Å². The molecular weight excluding hydrogens is 378 g/mol. The lowest BCUT2D eigenvalue weighted by atomic mass is 10.1. The molecule has 0 N–H and O–H groups in total. The highest BCUT2D eigenvalue weighted by molar-refractivity contribution is 8.77. The van der Waals surface area contributed by atoms with Gasteiger partial charge in [0.2, 0.25) is 11.8 Å². The van der Waals surface area contributed by atoms with Gasteiger partial charge in [-0.05, 0) is 38.5 Å². The molecule has 2 unspecified atom stereocenters. The van der Waals surface area contributed by atoms with Crippen molar-refractivity contribution in [3.8, 4) is 0 Å². The van der Waals surface area contributed by atoms with E-state index < -0.39 is 0 Å². The van der Waals surface area contributed by atoms with Crippen molar-refractivity contribution in [2.24, 2.45) is 0 Å². The number of amides is 2. The Morgan fingerprint density at radius 1 is 0.833 bits per heavy atom. The highest BCUT2D eigenvalue weighted by Gasteiger charge is 2.19. The summed E-state index contributed by atoms with van der Waals surface area (Å²) in [6, 6.07) is 0. The van der Waals surface area contributed by atoms with E-state index in [0.717, 1.165) is 36.2 Å². The predicted molar refractivity (Wildman–Crippen MR) is 112 cm³/mol. The van der Waals surface area contributed by atoms with Crippen LogP contribution in [-0.4, -0.2) is 45.8 Å². The third kappa shape index (κ3) is 7.83. The molecule has 0 aromatic rings. The van der Waals surface area contributed by atoms with Crippen LogP contribution in [0.25, 0.3) is 0 Å². The minimum Gasteiger partial charge on any atom is -0.286 e. The number of hydrogen-bond acceptors (Lipinski definition) is 6. The Hall–Kier alpha value is 0.540. The molecule has 0 bridgehead atoms. The van der Waals surface area contributed by atoms with E-state index in [-0.39, 0.29) is 11.8 Å². The summed E-state index contributed by atoms with van der Waals surface area (Å²) >= 11 is 0. The lowest BCUT2D eigenvalue weighted by molar-refractivity contribution is -0.143. The van der Waals surface area contributed by atoms with Crippen molar-refractivity contribution in [1.29, 1.82) is 0 Å². The fraction of sp³-hybridized carbons (Fsp3) is 0.882. The van der Waals surface area contributed by atoms with E-state index in [2.05, 4.69) is 0 Å². The molecule has 138 valence electrons. The van der Waals surface area contributed by atoms with Crippen molar-refractivity contribution in [3.63, 3.8) is 0 Å². The first-order chi connectivity index (χ1) is 11.7. The molecule has 2 heterocycles. The first-order valence-electron chi connectivity index (χ1n) is 9.02. The molecule has 0 saturated carbocycles. The number of nitrogens with zero attached hydrogens (tertiary/aromatic N) is 1. The normalized spacial score (nSPS) is 23.5. The quantitative estimate of drug-likeness (QED) is 0.356. The van der Waals surface area contributed by atoms with Gasteiger partial charge in [0, 0.05) is 41.9 Å². The Balaban J connectivity index is 1.49. The van der Waals surface area contributed by atoms with Gasteiger partial charge in [-0.1, -0.05) is 56.0 Å². The molecule has 0 radical (unpaired) electrons. The van der Waals surface area contributed by atoms with Gasteiger partial charge in [0.25, 0.3) is 0 Å². The Morgan fingerprint density at radius 3 is 1.67 bits per heavy atom. The maximum Gasteiger partial charge on any atom is 0.228 e. The van der Waals surface area contributed by atoms with Crippen molar-refractivity contribution in [1.82, 2.24) is 4.90 Å². The molecule has 2 fully saturated rings. The van der Waals surface area contributed by atoms with Crippen LogP contribution in [0.15, 0.2) is 0 Å². The molecule has 2 amide bonds. The summed E-state index contributed by atoms with van der Waals surface area (Å²) in [6.07, 6.45) is 10.1. The average molecular weight is 408 g/mol. The second-order valence-corrected chi connectivity index (χ2v) is 12.1. The Morgan fingerprint density at radius 2 is 1.29 bits per heavy atom. The summed E-state index contributed by atoms with van der Waals surface area (Å²) in [6.45, 7) is 0. The minimum absolute atomic E-state index is 0.00352. The number of imide groups is 1. The van der Waals surface area contributed by atoms with Gasteiger partial charge in [-0.2, -0.15) is 0 Å². The zero-order valence-corrected chi connectivity index (χ0v) is 17.8. The zero-order chi connectivity index (χ0) is 17.2. The SMILES string of the molecule is CN(C(=O)CCCCC1CCSS1)C(=O)CCCCC1CCSS1. The van der Waals surface area contributed by atoms with Gasteiger partial charge < -0.3 is 0 Å². The van der Waals surface area contributed by atoms with Gasteiger partial charge in [-0.15, -0.1) is 0 Å². The van der Waals surface area contributed by atoms with E-state index in [4.69, 9.17) is 0 Å². The maximum absolute atomic E-state index is 12.1. The largest absolute Gasteiger partial charge is 0.286 e. The summed E-state index contributed by atoms with van der Waals surface area (Å²) in [5.74, 6) is 2.53. The third-order valence-electron chi connectivity index (χ3n) is 4.54. The van der Waals surface area contributed by atoms with Crippen LogP contribution in [0.3, 0.4) is 0 Å². The highest BCUT2D eigenvalue weighted by Crippen LogP contribution is 2.40. The summed E-state index contributed by atoms with van der Waals surface area (Å²) < 4.78 is 0. The fourth-order valence-electron chi connectivity index (χ4n) is 2.90. The molecular formula is C17H29NO2S4. The van der Waals surface area contributed by atoms with Crippen LogP contribution in [0.5, 0.6) is 0 Å². The van der Waals surface area contributed by atoms with Crippen LogP contribution in [-0.2, 0) is 9.59 Å². The van der Waals surface area contributed by atoms with Crippen molar-refractivity contribution < 1.29 is 9.59 Å². The topological polar surface area (TPSA) is 37.4 Å². The number of carbonyl (C=O) groups excluding carboxylic acids is 2. The summed E-state index contributed by atoms with van der Waals surface area (Å²) in [5.41, 5.74) is 0. The monoisotopic (exact) mass is 407 g/mol. The van der Waals surface area contributed by atoms with Crippen LogP contribution in [0, 0.1) is 0 Å². The molecule has 2 aliphatic rings. The first kappa shape index (κ1) is 20.8. The summed E-state index contributed by atoms with van der Waals surface area (Å²) in [5, 5.41) is 1.56. The van der Waals surface area contributed by atoms with E-state index in [1.807, 2.05) is 43.2 Å². The molecule has 24 heavy (non-hydrogen) atoms. The van der Waals surface area contributed by atoms with Crippen LogP contribution in [0.2, 0.25) is 0 Å². The average Bonchev–Trinajstić information content (AvgIpc) is 3.28. The smallest absolute Gasteiger partial charge is 0.228 e. The Bertz CT molecular complexity index is 360. The summed E-state index contributed by atoms with van der Waals surface area (Å²) in [7, 11) is 9.58. The Labute approximate surface area is 162 Å². The molecule has 2 rings (SSSR count). The molecule has 3 nitrogen and oxygen atoms in total. The van der Waals surface area contributed by atoms with Crippen LogP contribution < -0.4 is 0 Å². The van der Waals surface area contributed by atoms with Crippen LogP contribution in [0.4, 0.5) is 0 Å². The van der Waals surface area contributed by atoms with Crippen molar-refractivity contribution in [2.45, 2.75) is 74.7 Å². The number of unbranched alkanes of at least 4 members (excludes halogenated alkanes) is 2. The fourth-order valence-corrected chi connectivity index (χ4v) is 8.96. The van der Waals surface area contributed by atoms with Crippen molar-refractivity contribution >= 4 is 55.0 Å². The van der Waals surface area contributed by atoms with E-state index in [1.54, 1.807) is 7.05 Å². The standard InChI is InChI=1S/C17H29NO2S4/c1-18(16(19)8-4-2-6-14-10-12-21-23-14)17(20)9-5-3-7-15-11-13-22-24-15/h14-15H,2-13H2,1H3. The maximum atomic E-state index is 12.1. The number of hydrogen-bond donors (Lipinski definition) is 0. The van der Waals surface area contributed by atoms with Gasteiger partial charge in [-0.3, -0.25) is 14.5 Å². The van der Waals surface area contributed by atoms with E-state index >= 15 is 0 Å². The van der Waals surface area contributed by atoms with Crippen molar-refractivity contribution in [3.05, 3.63) is 0 Å². The molecule has 7 heteroatoms. The van der Waals surface area contributed by atoms with Gasteiger partial charge in [0.1, 0.15) is 0 Å². The van der Waals surface area contributed by atoms with Crippen LogP contribution >= 0.6 is 43.2 Å². The zero-order valence-electron chi connectivity index (χ0n) is 14.5. The van der Waals surface area contributed by atoms with Crippen molar-refractivity contribution in [2.75, 3.05) is 18.6 Å². The molecule has 0 aromatic heterocycles. The predicted octanol–water partition coefficient (Wildman–Crippen LogP) is 5.40. The van der Waals surface area contributed by atoms with E-state index in [1.165, 1.54) is 42.1 Å². The lowest BCUT2D eigenvalue weighted by Crippen LogP contribution is -2.32. The van der Waals surface area contributed by atoms with Gasteiger partial charge in [0.15, 0.2) is 0 Å². The second kappa shape index (κ2) is 12.0. The minimum atomic E-state index is -0.00352. The summed E-state index contributed by atoms with van der Waals surface area (Å²) in [4.78, 5) is 25.6. The van der Waals surface area contributed by atoms with E-state index in [0.29, 0.717) is 12.8 Å². The highest BCUT2D eigenvalue weighted by atomic mass is 33.1. The molecule has 2 saturated heterocycles. The van der Waals surface area contributed by atoms with Gasteiger partial charge in [-0.25, -0.2) is 0 Å². The van der Waals surface area contributed by atoms with E-state index in [9.17, 15) is 9.59 Å². The number of rotatable bonds is 10. The Kier molecular flexibility index (Phi) is 10.4. The first-order valence-corrected chi connectivity index (χ1v) is 13.8. The third-order valence-corrected chi connectivity index (χ3v) is 10.5. The molecule has 0 aromatic carbocycles. The molecule has 2 atom stereocenters. The number of carbonyl (C=O) groups is 2. The lowest BCUT2D eigenvalue weighted by Gasteiger charge is -2.16. The molecule has 0 spiro atoms. The molecule has 0 aliphatic carbocycles.